The van der Waals surface area contributed by atoms with E-state index in [0.717, 1.165) is 33.4 Å². The highest BCUT2D eigenvalue weighted by atomic mass is 16.7. The van der Waals surface area contributed by atoms with Crippen LogP contribution in [0.3, 0.4) is 0 Å². The lowest BCUT2D eigenvalue weighted by Crippen LogP contribution is -2.20. The Morgan fingerprint density at radius 1 is 1.04 bits per heavy atom. The maximum Gasteiger partial charge on any atom is 0.231 e. The molecule has 24 heavy (non-hydrogen) atoms. The minimum atomic E-state index is -0.0808. The number of ether oxygens (including phenoxy) is 2. The number of hydrogen-bond donors (Lipinski definition) is 2. The zero-order valence-electron chi connectivity index (χ0n) is 13.0. The molecule has 1 aliphatic heterocycles. The number of fused-ring (bicyclic) bond motifs is 6. The summed E-state index contributed by atoms with van der Waals surface area (Å²) in [6.07, 6.45) is 7.39. The van der Waals surface area contributed by atoms with E-state index in [-0.39, 0.29) is 30.1 Å². The van der Waals surface area contributed by atoms with Gasteiger partial charge in [0.2, 0.25) is 6.79 Å². The fourth-order valence-electron chi connectivity index (χ4n) is 3.78. The molecule has 0 saturated heterocycles. The van der Waals surface area contributed by atoms with Gasteiger partial charge in [-0.1, -0.05) is 11.6 Å². The van der Waals surface area contributed by atoms with Crippen LogP contribution in [0.25, 0.3) is 17.0 Å². The van der Waals surface area contributed by atoms with E-state index in [1.54, 1.807) is 12.2 Å². The average Bonchev–Trinajstić information content (AvgIpc) is 3.02. The molecule has 1 aromatic heterocycles. The van der Waals surface area contributed by atoms with Gasteiger partial charge in [0.05, 0.1) is 5.52 Å². The van der Waals surface area contributed by atoms with Crippen LogP contribution >= 0.6 is 0 Å². The minimum Gasteiger partial charge on any atom is -0.504 e. The molecule has 0 spiro atoms. The summed E-state index contributed by atoms with van der Waals surface area (Å²) >= 11 is 0. The molecule has 5 nitrogen and oxygen atoms in total. The van der Waals surface area contributed by atoms with E-state index < -0.39 is 0 Å². The maximum absolute atomic E-state index is 9.93. The normalized spacial score (nSPS) is 24.0. The van der Waals surface area contributed by atoms with Crippen molar-refractivity contribution in [3.63, 3.8) is 0 Å². The summed E-state index contributed by atoms with van der Waals surface area (Å²) < 4.78 is 10.9. The third-order valence-corrected chi connectivity index (χ3v) is 5.02. The van der Waals surface area contributed by atoms with Crippen LogP contribution in [-0.4, -0.2) is 22.0 Å². The summed E-state index contributed by atoms with van der Waals surface area (Å²) in [5.41, 5.74) is 4.10. The highest BCUT2D eigenvalue weighted by Gasteiger charge is 2.33. The highest BCUT2D eigenvalue weighted by molar-refractivity contribution is 5.93. The maximum atomic E-state index is 9.93. The molecule has 120 valence electrons. The van der Waals surface area contributed by atoms with Crippen molar-refractivity contribution >= 4 is 17.0 Å². The van der Waals surface area contributed by atoms with Crippen molar-refractivity contribution < 1.29 is 19.7 Å². The van der Waals surface area contributed by atoms with Crippen molar-refractivity contribution in [2.24, 2.45) is 5.92 Å². The van der Waals surface area contributed by atoms with Crippen LogP contribution in [0.1, 0.15) is 24.0 Å². The molecule has 2 heterocycles. The van der Waals surface area contributed by atoms with Gasteiger partial charge in [-0.15, -0.1) is 0 Å². The first-order chi connectivity index (χ1) is 11.6. The highest BCUT2D eigenvalue weighted by Crippen LogP contribution is 2.46. The second-order valence-electron chi connectivity index (χ2n) is 6.39. The third-order valence-electron chi connectivity index (χ3n) is 5.02. The Labute approximate surface area is 138 Å². The molecule has 2 aliphatic carbocycles. The fourth-order valence-corrected chi connectivity index (χ4v) is 3.78. The summed E-state index contributed by atoms with van der Waals surface area (Å²) in [7, 11) is 0. The van der Waals surface area contributed by atoms with Crippen molar-refractivity contribution in [1.82, 2.24) is 4.98 Å². The van der Waals surface area contributed by atoms with Crippen LogP contribution in [0.4, 0.5) is 0 Å². The Hall–Kier alpha value is -2.95. The minimum absolute atomic E-state index is 0.0293. The Morgan fingerprint density at radius 2 is 1.75 bits per heavy atom. The third kappa shape index (κ3) is 1.72. The van der Waals surface area contributed by atoms with Crippen LogP contribution in [0.5, 0.6) is 11.5 Å². The van der Waals surface area contributed by atoms with Crippen LogP contribution in [0, 0.1) is 5.92 Å². The van der Waals surface area contributed by atoms with Crippen molar-refractivity contribution in [3.8, 4) is 11.5 Å². The molecular formula is C19H15NO4. The molecule has 5 heteroatoms. The van der Waals surface area contributed by atoms with Gasteiger partial charge in [-0.3, -0.25) is 4.98 Å². The summed E-state index contributed by atoms with van der Waals surface area (Å²) in [5, 5.41) is 20.8. The van der Waals surface area contributed by atoms with E-state index in [1.807, 2.05) is 25.3 Å². The summed E-state index contributed by atoms with van der Waals surface area (Å²) in [6.45, 7) is 2.27. The molecule has 3 aliphatic rings. The molecule has 0 fully saturated rings. The smallest absolute Gasteiger partial charge is 0.231 e. The second kappa shape index (κ2) is 4.54. The summed E-state index contributed by atoms with van der Waals surface area (Å²) in [4.78, 5) is 4.57. The molecule has 0 radical (unpaired) electrons. The van der Waals surface area contributed by atoms with Gasteiger partial charge in [0.1, 0.15) is 0 Å². The van der Waals surface area contributed by atoms with Crippen molar-refractivity contribution in [1.29, 1.82) is 0 Å². The number of hydrogen-bond acceptors (Lipinski definition) is 5. The quantitative estimate of drug-likeness (QED) is 0.768. The molecule has 0 saturated carbocycles. The first-order valence-corrected chi connectivity index (χ1v) is 7.84. The van der Waals surface area contributed by atoms with Crippen LogP contribution in [0.15, 0.2) is 47.6 Å². The number of aliphatic hydroxyl groups is 2. The van der Waals surface area contributed by atoms with Gasteiger partial charge in [-0.25, -0.2) is 0 Å². The van der Waals surface area contributed by atoms with E-state index in [0.29, 0.717) is 5.75 Å². The predicted octanol–water partition coefficient (Wildman–Crippen LogP) is 3.98. The largest absolute Gasteiger partial charge is 0.504 e. The van der Waals surface area contributed by atoms with Gasteiger partial charge >= 0.3 is 0 Å². The topological polar surface area (TPSA) is 71.8 Å². The van der Waals surface area contributed by atoms with Gasteiger partial charge in [-0.2, -0.15) is 0 Å². The van der Waals surface area contributed by atoms with Gasteiger partial charge in [0, 0.05) is 29.5 Å². The van der Waals surface area contributed by atoms with Crippen molar-refractivity contribution in [2.75, 3.05) is 6.79 Å². The van der Waals surface area contributed by atoms with Crippen LogP contribution in [0.2, 0.25) is 0 Å². The van der Waals surface area contributed by atoms with E-state index >= 15 is 0 Å². The molecule has 2 atom stereocenters. The van der Waals surface area contributed by atoms with E-state index in [9.17, 15) is 10.2 Å². The molecule has 2 N–H and O–H groups in total. The lowest BCUT2D eigenvalue weighted by Gasteiger charge is -2.32. The Balaban J connectivity index is 1.78. The molecule has 1 aromatic carbocycles. The van der Waals surface area contributed by atoms with Gasteiger partial charge in [-0.05, 0) is 36.3 Å². The molecule has 0 bridgehead atoms. The van der Waals surface area contributed by atoms with Gasteiger partial charge < -0.3 is 19.7 Å². The summed E-state index contributed by atoms with van der Waals surface area (Å²) in [6, 6.07) is 3.86. The number of pyridine rings is 1. The van der Waals surface area contributed by atoms with E-state index in [1.165, 1.54) is 0 Å². The summed E-state index contributed by atoms with van der Waals surface area (Å²) in [5.74, 6) is 1.29. The lowest BCUT2D eigenvalue weighted by molar-refractivity contribution is 0.174. The first-order valence-electron chi connectivity index (χ1n) is 7.84. The number of aromatic nitrogens is 1. The molecule has 0 amide bonds. The fraction of sp³-hybridized carbons (Fsp3) is 0.211. The molecule has 2 unspecified atom stereocenters. The number of aliphatic hydroxyl groups excluding tert-OH is 2. The zero-order valence-corrected chi connectivity index (χ0v) is 13.0. The van der Waals surface area contributed by atoms with Crippen molar-refractivity contribution in [2.45, 2.75) is 12.8 Å². The number of nitrogens with zero attached hydrogens (tertiary/aromatic N) is 1. The van der Waals surface area contributed by atoms with Gasteiger partial charge in [0.15, 0.2) is 23.0 Å². The monoisotopic (exact) mass is 321 g/mol. The molecular weight excluding hydrogens is 306 g/mol. The number of rotatable bonds is 0. The van der Waals surface area contributed by atoms with Crippen LogP contribution < -0.4 is 9.47 Å². The van der Waals surface area contributed by atoms with E-state index in [4.69, 9.17) is 9.47 Å². The Kier molecular flexibility index (Phi) is 2.55. The Morgan fingerprint density at radius 3 is 2.54 bits per heavy atom. The first kappa shape index (κ1) is 13.5. The average molecular weight is 321 g/mol. The van der Waals surface area contributed by atoms with Gasteiger partial charge in [0.25, 0.3) is 0 Å². The molecule has 2 aromatic rings. The number of allylic oxidation sites excluding steroid dienone is 3. The van der Waals surface area contributed by atoms with Crippen molar-refractivity contribution in [3.05, 3.63) is 58.7 Å². The second-order valence-corrected chi connectivity index (χ2v) is 6.39. The van der Waals surface area contributed by atoms with Crippen LogP contribution in [-0.2, 0) is 0 Å². The predicted molar refractivity (Wildman–Crippen MR) is 89.2 cm³/mol. The van der Waals surface area contributed by atoms with E-state index in [2.05, 4.69) is 11.1 Å². The zero-order chi connectivity index (χ0) is 16.4. The SMILES string of the molecule is CC1=Cc2c(cnc3cc4c(cc23)OCO4)C2C=C(O)C(O)=CC12. The molecule has 5 rings (SSSR count). The standard InChI is InChI=1S/C19H15NO4/c1-9-2-11-13-5-18-19(24-8-23-18)6-15(13)20-7-14(11)12-4-17(22)16(21)3-10(9)12/h2-7,10,12,21-22H,8H2,1H3. The Bertz CT molecular complexity index is 987. The number of benzene rings is 1. The lowest BCUT2D eigenvalue weighted by atomic mass is 9.72.